The van der Waals surface area contributed by atoms with Crippen LogP contribution in [0.15, 0.2) is 24.3 Å². The van der Waals surface area contributed by atoms with Gasteiger partial charge in [-0.25, -0.2) is 0 Å². The van der Waals surface area contributed by atoms with Crippen LogP contribution in [0.25, 0.3) is 0 Å². The Kier molecular flexibility index (Phi) is 3.09. The first kappa shape index (κ1) is 8.25. The Labute approximate surface area is 67.8 Å². The molecule has 1 unspecified atom stereocenters. The summed E-state index contributed by atoms with van der Waals surface area (Å²) < 4.78 is 0. The van der Waals surface area contributed by atoms with E-state index < -0.39 is 0 Å². The number of hydrogen-bond donors (Lipinski definition) is 0. The van der Waals surface area contributed by atoms with Gasteiger partial charge in [0.25, 0.3) is 0 Å². The summed E-state index contributed by atoms with van der Waals surface area (Å²) in [5, 5.41) is 0. The molecule has 0 bridgehead atoms. The molecule has 1 aliphatic carbocycles. The lowest BCUT2D eigenvalue weighted by Gasteiger charge is -2.20. The van der Waals surface area contributed by atoms with Crippen molar-refractivity contribution in [2.75, 3.05) is 0 Å². The Morgan fingerprint density at radius 2 is 2.27 bits per heavy atom. The van der Waals surface area contributed by atoms with Gasteiger partial charge in [0, 0.05) is 0 Å². The Morgan fingerprint density at radius 3 is 2.91 bits per heavy atom. The molecule has 0 saturated heterocycles. The van der Waals surface area contributed by atoms with Gasteiger partial charge in [0.1, 0.15) is 6.29 Å². The highest BCUT2D eigenvalue weighted by Crippen LogP contribution is 2.28. The van der Waals surface area contributed by atoms with Gasteiger partial charge in [0.2, 0.25) is 0 Å². The minimum absolute atomic E-state index is 0.467. The molecule has 1 rings (SSSR count). The van der Waals surface area contributed by atoms with E-state index in [-0.39, 0.29) is 0 Å². The van der Waals surface area contributed by atoms with Crippen LogP contribution in [0, 0.1) is 5.92 Å². The van der Waals surface area contributed by atoms with E-state index in [4.69, 9.17) is 0 Å². The van der Waals surface area contributed by atoms with Crippen LogP contribution in [-0.4, -0.2) is 6.29 Å². The normalized spacial score (nSPS) is 25.8. The van der Waals surface area contributed by atoms with Gasteiger partial charge in [0.15, 0.2) is 0 Å². The predicted octanol–water partition coefficient (Wildman–Crippen LogP) is 2.49. The molecule has 0 aromatic carbocycles. The highest BCUT2D eigenvalue weighted by Gasteiger charge is 2.13. The first-order chi connectivity index (χ1) is 5.34. The number of hydrogen-bond acceptors (Lipinski definition) is 1. The summed E-state index contributed by atoms with van der Waals surface area (Å²) in [5.74, 6) is 0.467. The van der Waals surface area contributed by atoms with Crippen LogP contribution in [0.3, 0.4) is 0 Å². The number of carbonyl (C=O) groups is 1. The summed E-state index contributed by atoms with van der Waals surface area (Å²) in [6.07, 6.45) is 9.23. The molecule has 0 amide bonds. The van der Waals surface area contributed by atoms with E-state index in [2.05, 4.69) is 6.58 Å². The fourth-order valence-electron chi connectivity index (χ4n) is 1.52. The van der Waals surface area contributed by atoms with E-state index in [0.717, 1.165) is 12.7 Å². The van der Waals surface area contributed by atoms with Crippen molar-refractivity contribution in [3.8, 4) is 0 Å². The van der Waals surface area contributed by atoms with Crippen molar-refractivity contribution in [1.82, 2.24) is 0 Å². The van der Waals surface area contributed by atoms with Crippen LogP contribution >= 0.6 is 0 Å². The van der Waals surface area contributed by atoms with Crippen molar-refractivity contribution in [3.05, 3.63) is 24.3 Å². The largest absolute Gasteiger partial charge is 0.299 e. The van der Waals surface area contributed by atoms with Crippen LogP contribution in [-0.2, 0) is 4.79 Å². The summed E-state index contributed by atoms with van der Waals surface area (Å²) in [6, 6.07) is 0. The van der Waals surface area contributed by atoms with Crippen molar-refractivity contribution in [3.63, 3.8) is 0 Å². The van der Waals surface area contributed by atoms with Crippen LogP contribution < -0.4 is 0 Å². The molecule has 1 fully saturated rings. The summed E-state index contributed by atoms with van der Waals surface area (Å²) in [5.41, 5.74) is 1.29. The van der Waals surface area contributed by atoms with Crippen molar-refractivity contribution in [2.24, 2.45) is 5.92 Å². The van der Waals surface area contributed by atoms with E-state index in [9.17, 15) is 4.79 Å². The first-order valence-electron chi connectivity index (χ1n) is 4.14. The Hall–Kier alpha value is -0.850. The molecule has 11 heavy (non-hydrogen) atoms. The molecular weight excluding hydrogens is 136 g/mol. The van der Waals surface area contributed by atoms with Crippen LogP contribution in [0.2, 0.25) is 0 Å². The molecule has 0 aromatic rings. The standard InChI is InChI=1S/C10H14O/c1-9-5-2-3-6-10(9)7-4-8-11/h4,7-8,10H,1-3,5-6H2/b7-4+. The summed E-state index contributed by atoms with van der Waals surface area (Å²) in [7, 11) is 0. The first-order valence-corrected chi connectivity index (χ1v) is 4.14. The zero-order valence-electron chi connectivity index (χ0n) is 6.75. The van der Waals surface area contributed by atoms with Crippen molar-refractivity contribution < 1.29 is 4.79 Å². The topological polar surface area (TPSA) is 17.1 Å². The van der Waals surface area contributed by atoms with Crippen molar-refractivity contribution >= 4 is 6.29 Å². The number of carbonyl (C=O) groups excluding carboxylic acids is 1. The lowest BCUT2D eigenvalue weighted by Crippen LogP contribution is -2.05. The molecule has 60 valence electrons. The molecule has 0 radical (unpaired) electrons. The molecule has 0 spiro atoms. The second-order valence-corrected chi connectivity index (χ2v) is 3.03. The number of allylic oxidation sites excluding steroid dienone is 3. The molecule has 0 aliphatic heterocycles. The van der Waals surface area contributed by atoms with E-state index in [0.29, 0.717) is 5.92 Å². The van der Waals surface area contributed by atoms with Gasteiger partial charge in [-0.1, -0.05) is 24.6 Å². The Bertz CT molecular complexity index is 179. The molecule has 1 saturated carbocycles. The maximum absolute atomic E-state index is 10.0. The monoisotopic (exact) mass is 150 g/mol. The molecule has 0 aromatic heterocycles. The Morgan fingerprint density at radius 1 is 1.45 bits per heavy atom. The third kappa shape index (κ3) is 2.34. The van der Waals surface area contributed by atoms with Crippen LogP contribution in [0.1, 0.15) is 25.7 Å². The maximum Gasteiger partial charge on any atom is 0.142 e. The zero-order valence-corrected chi connectivity index (χ0v) is 6.75. The molecule has 1 aliphatic rings. The van der Waals surface area contributed by atoms with E-state index >= 15 is 0 Å². The lowest BCUT2D eigenvalue weighted by molar-refractivity contribution is -0.104. The fourth-order valence-corrected chi connectivity index (χ4v) is 1.52. The smallest absolute Gasteiger partial charge is 0.142 e. The van der Waals surface area contributed by atoms with Gasteiger partial charge in [-0.05, 0) is 31.3 Å². The third-order valence-corrected chi connectivity index (χ3v) is 2.21. The quantitative estimate of drug-likeness (QED) is 0.336. The summed E-state index contributed by atoms with van der Waals surface area (Å²) in [6.45, 7) is 3.98. The summed E-state index contributed by atoms with van der Waals surface area (Å²) >= 11 is 0. The SMILES string of the molecule is C=C1CCCCC1/C=C/C=O. The van der Waals surface area contributed by atoms with Crippen LogP contribution in [0.5, 0.6) is 0 Å². The highest BCUT2D eigenvalue weighted by atomic mass is 16.1. The number of rotatable bonds is 2. The zero-order chi connectivity index (χ0) is 8.10. The lowest BCUT2D eigenvalue weighted by atomic mass is 9.85. The molecule has 0 heterocycles. The highest BCUT2D eigenvalue weighted by molar-refractivity contribution is 5.64. The van der Waals surface area contributed by atoms with E-state index in [1.807, 2.05) is 6.08 Å². The van der Waals surface area contributed by atoms with Gasteiger partial charge < -0.3 is 0 Å². The molecule has 0 N–H and O–H groups in total. The van der Waals surface area contributed by atoms with Gasteiger partial charge in [0.05, 0.1) is 0 Å². The minimum atomic E-state index is 0.467. The van der Waals surface area contributed by atoms with E-state index in [1.165, 1.54) is 24.8 Å². The van der Waals surface area contributed by atoms with Gasteiger partial charge in [-0.3, -0.25) is 4.79 Å². The Balaban J connectivity index is 2.47. The average Bonchev–Trinajstić information content (AvgIpc) is 2.03. The maximum atomic E-state index is 10.0. The summed E-state index contributed by atoms with van der Waals surface area (Å²) in [4.78, 5) is 10.0. The third-order valence-electron chi connectivity index (χ3n) is 2.21. The van der Waals surface area contributed by atoms with Crippen molar-refractivity contribution in [2.45, 2.75) is 25.7 Å². The van der Waals surface area contributed by atoms with Crippen LogP contribution in [0.4, 0.5) is 0 Å². The fraction of sp³-hybridized carbons (Fsp3) is 0.500. The second kappa shape index (κ2) is 4.12. The molecular formula is C10H14O. The number of aldehydes is 1. The van der Waals surface area contributed by atoms with Gasteiger partial charge >= 0.3 is 0 Å². The second-order valence-electron chi connectivity index (χ2n) is 3.03. The predicted molar refractivity (Wildman–Crippen MR) is 46.3 cm³/mol. The molecule has 1 nitrogen and oxygen atoms in total. The minimum Gasteiger partial charge on any atom is -0.299 e. The van der Waals surface area contributed by atoms with E-state index in [1.54, 1.807) is 6.08 Å². The molecule has 1 atom stereocenters. The van der Waals surface area contributed by atoms with Crippen molar-refractivity contribution in [1.29, 1.82) is 0 Å². The van der Waals surface area contributed by atoms with Gasteiger partial charge in [-0.15, -0.1) is 0 Å². The molecule has 1 heteroatoms. The van der Waals surface area contributed by atoms with Gasteiger partial charge in [-0.2, -0.15) is 0 Å². The average molecular weight is 150 g/mol.